The maximum Gasteiger partial charge on any atom is 0.302 e. The molecule has 0 radical (unpaired) electrons. The predicted octanol–water partition coefficient (Wildman–Crippen LogP) is 0.558. The second kappa shape index (κ2) is 4.31. The van der Waals surface area contributed by atoms with Crippen molar-refractivity contribution in [3.8, 4) is 0 Å². The molecule has 4 nitrogen and oxygen atoms in total. The summed E-state index contributed by atoms with van der Waals surface area (Å²) in [5, 5.41) is 0. The molecule has 0 aliphatic rings. The number of carbonyl (C=O) groups is 1. The van der Waals surface area contributed by atoms with E-state index >= 15 is 0 Å². The molecule has 0 aromatic carbocycles. The van der Waals surface area contributed by atoms with Crippen molar-refractivity contribution in [3.63, 3.8) is 0 Å². The lowest BCUT2D eigenvalue weighted by Gasteiger charge is -2.25. The van der Waals surface area contributed by atoms with Gasteiger partial charge in [-0.05, 0) is 6.92 Å². The Labute approximate surface area is 66.4 Å². The Hall–Kier alpha value is -0.610. The van der Waals surface area contributed by atoms with Crippen molar-refractivity contribution in [2.45, 2.75) is 19.6 Å². The zero-order chi connectivity index (χ0) is 8.91. The lowest BCUT2D eigenvalue weighted by Crippen LogP contribution is -2.36. The van der Waals surface area contributed by atoms with Gasteiger partial charge in [0.05, 0.1) is 0 Å². The SMILES string of the molecule is COC(C)(COC(C)=O)OC. The third-order valence-electron chi connectivity index (χ3n) is 1.40. The molecule has 0 spiro atoms. The zero-order valence-electron chi connectivity index (χ0n) is 7.34. The first-order valence-corrected chi connectivity index (χ1v) is 3.28. The Morgan fingerprint density at radius 2 is 1.82 bits per heavy atom. The largest absolute Gasteiger partial charge is 0.460 e. The first-order chi connectivity index (χ1) is 5.04. The Morgan fingerprint density at radius 1 is 1.36 bits per heavy atom. The van der Waals surface area contributed by atoms with Gasteiger partial charge in [-0.15, -0.1) is 0 Å². The lowest BCUT2D eigenvalue weighted by molar-refractivity contribution is -0.222. The fraction of sp³-hybridized carbons (Fsp3) is 0.857. The molecule has 0 saturated heterocycles. The molecule has 0 aromatic heterocycles. The summed E-state index contributed by atoms with van der Waals surface area (Å²) in [5.41, 5.74) is 0. The standard InChI is InChI=1S/C7H14O4/c1-6(8)11-5-7(2,9-3)10-4/h5H2,1-4H3. The first kappa shape index (κ1) is 10.4. The summed E-state index contributed by atoms with van der Waals surface area (Å²) in [4.78, 5) is 10.4. The Balaban J connectivity index is 3.78. The second-order valence-corrected chi connectivity index (χ2v) is 2.32. The van der Waals surface area contributed by atoms with Crippen molar-refractivity contribution in [2.24, 2.45) is 0 Å². The molecule has 0 aliphatic carbocycles. The van der Waals surface area contributed by atoms with E-state index in [1.54, 1.807) is 6.92 Å². The molecule has 0 aliphatic heterocycles. The summed E-state index contributed by atoms with van der Waals surface area (Å²) in [7, 11) is 2.99. The maximum atomic E-state index is 10.4. The van der Waals surface area contributed by atoms with Crippen LogP contribution in [0.25, 0.3) is 0 Å². The van der Waals surface area contributed by atoms with Gasteiger partial charge in [0, 0.05) is 21.1 Å². The van der Waals surface area contributed by atoms with Gasteiger partial charge in [-0.25, -0.2) is 0 Å². The minimum absolute atomic E-state index is 0.106. The number of ether oxygens (including phenoxy) is 3. The van der Waals surface area contributed by atoms with Gasteiger partial charge in [0.1, 0.15) is 6.61 Å². The highest BCUT2D eigenvalue weighted by Gasteiger charge is 2.23. The van der Waals surface area contributed by atoms with Crippen LogP contribution in [-0.2, 0) is 19.0 Å². The molecule has 0 amide bonds. The van der Waals surface area contributed by atoms with Crippen LogP contribution in [0.3, 0.4) is 0 Å². The number of hydrogen-bond acceptors (Lipinski definition) is 4. The van der Waals surface area contributed by atoms with Crippen LogP contribution >= 0.6 is 0 Å². The van der Waals surface area contributed by atoms with E-state index in [1.807, 2.05) is 0 Å². The molecular weight excluding hydrogens is 148 g/mol. The fourth-order valence-corrected chi connectivity index (χ4v) is 0.434. The van der Waals surface area contributed by atoms with Crippen LogP contribution in [-0.4, -0.2) is 32.6 Å². The molecule has 0 atom stereocenters. The van der Waals surface area contributed by atoms with E-state index in [0.29, 0.717) is 0 Å². The number of rotatable bonds is 4. The summed E-state index contributed by atoms with van der Waals surface area (Å²) in [6.07, 6.45) is 0. The van der Waals surface area contributed by atoms with E-state index in [4.69, 9.17) is 14.2 Å². The summed E-state index contributed by atoms with van der Waals surface area (Å²) in [5.74, 6) is -1.17. The van der Waals surface area contributed by atoms with Gasteiger partial charge in [0.25, 0.3) is 0 Å². The fourth-order valence-electron chi connectivity index (χ4n) is 0.434. The lowest BCUT2D eigenvalue weighted by atomic mass is 10.3. The van der Waals surface area contributed by atoms with Crippen molar-refractivity contribution >= 4 is 5.97 Å². The monoisotopic (exact) mass is 162 g/mol. The average molecular weight is 162 g/mol. The number of hydrogen-bond donors (Lipinski definition) is 0. The van der Waals surface area contributed by atoms with Gasteiger partial charge in [-0.1, -0.05) is 0 Å². The predicted molar refractivity (Wildman–Crippen MR) is 39.1 cm³/mol. The van der Waals surface area contributed by atoms with Gasteiger partial charge in [-0.2, -0.15) is 0 Å². The molecule has 4 heteroatoms. The topological polar surface area (TPSA) is 44.8 Å². The van der Waals surface area contributed by atoms with Crippen molar-refractivity contribution < 1.29 is 19.0 Å². The van der Waals surface area contributed by atoms with Gasteiger partial charge >= 0.3 is 5.97 Å². The highest BCUT2D eigenvalue weighted by Crippen LogP contribution is 2.09. The first-order valence-electron chi connectivity index (χ1n) is 3.28. The van der Waals surface area contributed by atoms with Crippen LogP contribution < -0.4 is 0 Å². The quantitative estimate of drug-likeness (QED) is 0.447. The van der Waals surface area contributed by atoms with E-state index in [-0.39, 0.29) is 12.6 Å². The molecular formula is C7H14O4. The highest BCUT2D eigenvalue weighted by atomic mass is 16.7. The average Bonchev–Trinajstić information content (AvgIpc) is 2.00. The van der Waals surface area contributed by atoms with E-state index in [0.717, 1.165) is 0 Å². The van der Waals surface area contributed by atoms with Crippen molar-refractivity contribution in [2.75, 3.05) is 20.8 Å². The normalized spacial score (nSPS) is 11.3. The number of methoxy groups -OCH3 is 2. The molecule has 0 bridgehead atoms. The van der Waals surface area contributed by atoms with E-state index in [2.05, 4.69) is 0 Å². The zero-order valence-corrected chi connectivity index (χ0v) is 7.34. The Kier molecular flexibility index (Phi) is 4.07. The highest BCUT2D eigenvalue weighted by molar-refractivity contribution is 5.65. The molecule has 0 rings (SSSR count). The molecule has 0 unspecified atom stereocenters. The van der Waals surface area contributed by atoms with Crippen molar-refractivity contribution in [3.05, 3.63) is 0 Å². The van der Waals surface area contributed by atoms with E-state index < -0.39 is 5.79 Å². The Bertz CT molecular complexity index is 128. The van der Waals surface area contributed by atoms with Crippen LogP contribution in [0, 0.1) is 0 Å². The molecule has 0 saturated carbocycles. The van der Waals surface area contributed by atoms with Crippen LogP contribution in [0.4, 0.5) is 0 Å². The van der Waals surface area contributed by atoms with E-state index in [1.165, 1.54) is 21.1 Å². The molecule has 11 heavy (non-hydrogen) atoms. The molecule has 0 heterocycles. The molecule has 0 N–H and O–H groups in total. The minimum Gasteiger partial charge on any atom is -0.460 e. The Morgan fingerprint density at radius 3 is 2.09 bits per heavy atom. The van der Waals surface area contributed by atoms with Gasteiger partial charge in [-0.3, -0.25) is 4.79 Å². The third-order valence-corrected chi connectivity index (χ3v) is 1.40. The maximum absolute atomic E-state index is 10.4. The number of carbonyl (C=O) groups excluding carboxylic acids is 1. The van der Waals surface area contributed by atoms with E-state index in [9.17, 15) is 4.79 Å². The van der Waals surface area contributed by atoms with Gasteiger partial charge in [0.2, 0.25) is 0 Å². The summed E-state index contributed by atoms with van der Waals surface area (Å²) in [6, 6.07) is 0. The van der Waals surface area contributed by atoms with Crippen LogP contribution in [0.2, 0.25) is 0 Å². The second-order valence-electron chi connectivity index (χ2n) is 2.32. The molecule has 0 fully saturated rings. The molecule has 66 valence electrons. The molecule has 0 aromatic rings. The summed E-state index contributed by atoms with van der Waals surface area (Å²) < 4.78 is 14.6. The van der Waals surface area contributed by atoms with Crippen LogP contribution in [0.5, 0.6) is 0 Å². The van der Waals surface area contributed by atoms with Gasteiger partial charge in [0.15, 0.2) is 5.79 Å². The van der Waals surface area contributed by atoms with Gasteiger partial charge < -0.3 is 14.2 Å². The smallest absolute Gasteiger partial charge is 0.302 e. The van der Waals surface area contributed by atoms with Crippen molar-refractivity contribution in [1.29, 1.82) is 0 Å². The van der Waals surface area contributed by atoms with Crippen LogP contribution in [0.15, 0.2) is 0 Å². The number of esters is 1. The van der Waals surface area contributed by atoms with Crippen LogP contribution in [0.1, 0.15) is 13.8 Å². The van der Waals surface area contributed by atoms with Crippen molar-refractivity contribution in [1.82, 2.24) is 0 Å². The third kappa shape index (κ3) is 3.95. The summed E-state index contributed by atoms with van der Waals surface area (Å²) >= 11 is 0. The minimum atomic E-state index is -0.828. The summed E-state index contributed by atoms with van der Waals surface area (Å²) in [6.45, 7) is 3.14.